The molecule has 3 rings (SSSR count). The van der Waals surface area contributed by atoms with Gasteiger partial charge in [0.25, 0.3) is 0 Å². The van der Waals surface area contributed by atoms with Crippen LogP contribution in [-0.2, 0) is 4.74 Å². The zero-order valence-corrected chi connectivity index (χ0v) is 16.0. The van der Waals surface area contributed by atoms with Crippen LogP contribution in [0.4, 0.5) is 25.1 Å². The van der Waals surface area contributed by atoms with Crippen molar-refractivity contribution < 1.29 is 23.1 Å². The van der Waals surface area contributed by atoms with Crippen LogP contribution >= 0.6 is 0 Å². The number of methoxy groups -OCH3 is 1. The van der Waals surface area contributed by atoms with E-state index in [9.17, 15) is 18.4 Å². The van der Waals surface area contributed by atoms with E-state index in [4.69, 9.17) is 0 Å². The van der Waals surface area contributed by atoms with E-state index in [1.165, 1.54) is 14.0 Å². The number of H-pyrrole nitrogens is 1. The number of rotatable bonds is 3. The van der Waals surface area contributed by atoms with Gasteiger partial charge in [-0.2, -0.15) is 5.10 Å². The highest BCUT2D eigenvalue weighted by Gasteiger charge is 2.21. The second kappa shape index (κ2) is 8.87. The van der Waals surface area contributed by atoms with Crippen LogP contribution in [0, 0.1) is 30.4 Å². The molecule has 152 valence electrons. The normalized spacial score (nSPS) is 10.0. The van der Waals surface area contributed by atoms with Crippen molar-refractivity contribution in [2.24, 2.45) is 0 Å². The number of amides is 2. The number of esters is 1. The average molecular weight is 410 g/mol. The second-order valence-electron chi connectivity index (χ2n) is 6.06. The SMILES string of the molecule is COC(=O)c1c(C)n[nH]c1NC(=O)Nc1c(F)cc(C#Cc2ccccc2)cc1F. The van der Waals surface area contributed by atoms with Crippen molar-refractivity contribution in [2.45, 2.75) is 6.92 Å². The molecule has 0 spiro atoms. The molecule has 0 saturated carbocycles. The molecule has 30 heavy (non-hydrogen) atoms. The van der Waals surface area contributed by atoms with Gasteiger partial charge in [-0.25, -0.2) is 18.4 Å². The van der Waals surface area contributed by atoms with Gasteiger partial charge in [0, 0.05) is 11.1 Å². The van der Waals surface area contributed by atoms with E-state index in [-0.39, 0.29) is 22.6 Å². The molecule has 0 aliphatic carbocycles. The Hall–Kier alpha value is -4.19. The molecule has 1 aromatic heterocycles. The molecule has 3 aromatic rings. The lowest BCUT2D eigenvalue weighted by Gasteiger charge is -2.09. The molecular weight excluding hydrogens is 394 g/mol. The summed E-state index contributed by atoms with van der Waals surface area (Å²) in [6.07, 6.45) is 0. The molecule has 0 aliphatic rings. The van der Waals surface area contributed by atoms with Gasteiger partial charge in [0.1, 0.15) is 17.1 Å². The summed E-state index contributed by atoms with van der Waals surface area (Å²) in [6.45, 7) is 1.53. The van der Waals surface area contributed by atoms with Gasteiger partial charge in [-0.15, -0.1) is 0 Å². The molecule has 7 nitrogen and oxygen atoms in total. The monoisotopic (exact) mass is 410 g/mol. The van der Waals surface area contributed by atoms with Crippen molar-refractivity contribution >= 4 is 23.5 Å². The summed E-state index contributed by atoms with van der Waals surface area (Å²) in [5.41, 5.74) is 0.428. The Morgan fingerprint density at radius 3 is 2.30 bits per heavy atom. The lowest BCUT2D eigenvalue weighted by molar-refractivity contribution is 0.0601. The fourth-order valence-electron chi connectivity index (χ4n) is 2.56. The van der Waals surface area contributed by atoms with Gasteiger partial charge in [-0.05, 0) is 31.2 Å². The van der Waals surface area contributed by atoms with Crippen molar-refractivity contribution in [2.75, 3.05) is 17.7 Å². The van der Waals surface area contributed by atoms with Crippen molar-refractivity contribution in [3.05, 3.63) is 76.5 Å². The number of hydrogen-bond acceptors (Lipinski definition) is 4. The van der Waals surface area contributed by atoms with E-state index in [0.717, 1.165) is 12.1 Å². The van der Waals surface area contributed by atoms with E-state index in [1.807, 2.05) is 6.07 Å². The predicted molar refractivity (Wildman–Crippen MR) is 106 cm³/mol. The van der Waals surface area contributed by atoms with Crippen molar-refractivity contribution in [3.8, 4) is 11.8 Å². The van der Waals surface area contributed by atoms with Crippen molar-refractivity contribution in [3.63, 3.8) is 0 Å². The van der Waals surface area contributed by atoms with Gasteiger partial charge in [0.2, 0.25) is 0 Å². The third kappa shape index (κ3) is 4.62. The fraction of sp³-hybridized carbons (Fsp3) is 0.0952. The third-order valence-corrected chi connectivity index (χ3v) is 3.98. The molecule has 9 heteroatoms. The number of aryl methyl sites for hydroxylation is 1. The Labute approximate surface area is 170 Å². The minimum absolute atomic E-state index is 0.000119. The Morgan fingerprint density at radius 2 is 1.67 bits per heavy atom. The highest BCUT2D eigenvalue weighted by atomic mass is 19.1. The van der Waals surface area contributed by atoms with Gasteiger partial charge in [0.15, 0.2) is 11.6 Å². The first-order valence-corrected chi connectivity index (χ1v) is 8.66. The highest BCUT2D eigenvalue weighted by Crippen LogP contribution is 2.22. The van der Waals surface area contributed by atoms with E-state index in [0.29, 0.717) is 5.56 Å². The summed E-state index contributed by atoms with van der Waals surface area (Å²) < 4.78 is 33.3. The average Bonchev–Trinajstić information content (AvgIpc) is 3.09. The summed E-state index contributed by atoms with van der Waals surface area (Å²) in [7, 11) is 1.17. The first-order chi connectivity index (χ1) is 14.4. The number of carbonyl (C=O) groups is 2. The van der Waals surface area contributed by atoms with Gasteiger partial charge in [0.05, 0.1) is 12.8 Å². The number of urea groups is 1. The van der Waals surface area contributed by atoms with Crippen LogP contribution in [0.25, 0.3) is 0 Å². The summed E-state index contributed by atoms with van der Waals surface area (Å²) in [4.78, 5) is 23.9. The van der Waals surface area contributed by atoms with Crippen LogP contribution < -0.4 is 10.6 Å². The third-order valence-electron chi connectivity index (χ3n) is 3.98. The van der Waals surface area contributed by atoms with Crippen molar-refractivity contribution in [1.29, 1.82) is 0 Å². The molecule has 0 radical (unpaired) electrons. The topological polar surface area (TPSA) is 96.1 Å². The summed E-state index contributed by atoms with van der Waals surface area (Å²) in [5, 5.41) is 10.6. The van der Waals surface area contributed by atoms with Crippen LogP contribution in [0.5, 0.6) is 0 Å². The van der Waals surface area contributed by atoms with Crippen LogP contribution in [0.1, 0.15) is 27.2 Å². The molecule has 0 atom stereocenters. The van der Waals surface area contributed by atoms with E-state index in [2.05, 4.69) is 37.4 Å². The first kappa shape index (κ1) is 20.5. The van der Waals surface area contributed by atoms with Gasteiger partial charge in [-0.1, -0.05) is 30.0 Å². The van der Waals surface area contributed by atoms with E-state index in [1.54, 1.807) is 24.3 Å². The zero-order valence-electron chi connectivity index (χ0n) is 16.0. The molecule has 1 heterocycles. The summed E-state index contributed by atoms with van der Waals surface area (Å²) in [6, 6.07) is 9.98. The number of ether oxygens (including phenoxy) is 1. The molecule has 0 fully saturated rings. The molecule has 0 unspecified atom stereocenters. The van der Waals surface area contributed by atoms with Gasteiger partial charge in [-0.3, -0.25) is 10.4 Å². The van der Waals surface area contributed by atoms with E-state index < -0.39 is 29.3 Å². The lowest BCUT2D eigenvalue weighted by atomic mass is 10.1. The molecule has 2 amide bonds. The maximum Gasteiger partial charge on any atom is 0.343 e. The molecule has 3 N–H and O–H groups in total. The number of aromatic amines is 1. The minimum Gasteiger partial charge on any atom is -0.465 e. The van der Waals surface area contributed by atoms with Gasteiger partial charge < -0.3 is 10.1 Å². The number of anilines is 2. The number of halogens is 2. The molecule has 0 saturated heterocycles. The van der Waals surface area contributed by atoms with Crippen LogP contribution in [0.3, 0.4) is 0 Å². The smallest absolute Gasteiger partial charge is 0.343 e. The maximum atomic E-state index is 14.4. The number of benzene rings is 2. The molecular formula is C21H16F2N4O3. The summed E-state index contributed by atoms with van der Waals surface area (Å²) in [5.74, 6) is 2.66. The second-order valence-corrected chi connectivity index (χ2v) is 6.06. The maximum absolute atomic E-state index is 14.4. The molecule has 0 aliphatic heterocycles. The highest BCUT2D eigenvalue weighted by molar-refractivity contribution is 6.04. The number of nitrogens with zero attached hydrogens (tertiary/aromatic N) is 1. The standard InChI is InChI=1S/C21H16F2N4O3/c1-12-17(20(28)30-2)19(27-26-12)25-21(29)24-18-15(22)10-14(11-16(18)23)9-8-13-6-4-3-5-7-13/h3-7,10-11H,1-2H3,(H3,24,25,26,27,29). The lowest BCUT2D eigenvalue weighted by Crippen LogP contribution is -2.22. The first-order valence-electron chi connectivity index (χ1n) is 8.66. The van der Waals surface area contributed by atoms with Gasteiger partial charge >= 0.3 is 12.0 Å². The van der Waals surface area contributed by atoms with Crippen molar-refractivity contribution in [1.82, 2.24) is 10.2 Å². The Kier molecular flexibility index (Phi) is 6.08. The van der Waals surface area contributed by atoms with Crippen LogP contribution in [0.2, 0.25) is 0 Å². The quantitative estimate of drug-likeness (QED) is 0.452. The minimum atomic E-state index is -1.00. The summed E-state index contributed by atoms with van der Waals surface area (Å²) >= 11 is 0. The largest absolute Gasteiger partial charge is 0.465 e. The number of carbonyl (C=O) groups excluding carboxylic acids is 2. The Balaban J connectivity index is 1.77. The Morgan fingerprint density at radius 1 is 1.03 bits per heavy atom. The van der Waals surface area contributed by atoms with E-state index >= 15 is 0 Å². The zero-order chi connectivity index (χ0) is 21.7. The molecule has 0 bridgehead atoms. The number of nitrogens with one attached hydrogen (secondary N) is 3. The van der Waals surface area contributed by atoms with Crippen LogP contribution in [0.15, 0.2) is 42.5 Å². The number of hydrogen-bond donors (Lipinski definition) is 3. The predicted octanol–water partition coefficient (Wildman–Crippen LogP) is 3.83. The number of aromatic nitrogens is 2. The van der Waals surface area contributed by atoms with Crippen LogP contribution in [-0.4, -0.2) is 29.3 Å². The molecule has 2 aromatic carbocycles. The fourth-order valence-corrected chi connectivity index (χ4v) is 2.56. The Bertz CT molecular complexity index is 1140.